The van der Waals surface area contributed by atoms with Crippen LogP contribution in [0.1, 0.15) is 24.9 Å². The minimum Gasteiger partial charge on any atom is -0.495 e. The van der Waals surface area contributed by atoms with Crippen LogP contribution in [0, 0.1) is 0 Å². The van der Waals surface area contributed by atoms with Gasteiger partial charge in [-0.2, -0.15) is 0 Å². The van der Waals surface area contributed by atoms with Crippen LogP contribution in [0.4, 0.5) is 0 Å². The van der Waals surface area contributed by atoms with Crippen molar-refractivity contribution in [2.75, 3.05) is 20.8 Å². The molecule has 0 heterocycles. The maximum absolute atomic E-state index is 13.1. The largest absolute Gasteiger partial charge is 0.495 e. The van der Waals surface area contributed by atoms with Crippen LogP contribution in [0.3, 0.4) is 0 Å². The summed E-state index contributed by atoms with van der Waals surface area (Å²) in [5, 5.41) is 0.502. The normalized spacial score (nSPS) is 12.3. The fourth-order valence-corrected chi connectivity index (χ4v) is 4.53. The SMILES string of the molecule is CCOC(=O)C[C@H](NS(=O)(=O)c1cc(OC)c(Cl)cc1OC)c1ccccc1Cl. The van der Waals surface area contributed by atoms with Gasteiger partial charge in [0.25, 0.3) is 0 Å². The fraction of sp³-hybridized carbons (Fsp3) is 0.316. The van der Waals surface area contributed by atoms with Crippen molar-refractivity contribution in [2.45, 2.75) is 24.3 Å². The Hall–Kier alpha value is -2.00. The predicted molar refractivity (Wildman–Crippen MR) is 110 cm³/mol. The minimum atomic E-state index is -4.16. The number of sulfonamides is 1. The molecule has 0 amide bonds. The molecule has 10 heteroatoms. The van der Waals surface area contributed by atoms with Crippen molar-refractivity contribution >= 4 is 39.2 Å². The Balaban J connectivity index is 2.49. The first-order valence-corrected chi connectivity index (χ1v) is 10.8. The summed E-state index contributed by atoms with van der Waals surface area (Å²) in [4.78, 5) is 11.9. The van der Waals surface area contributed by atoms with E-state index in [1.54, 1.807) is 31.2 Å². The highest BCUT2D eigenvalue weighted by molar-refractivity contribution is 7.89. The van der Waals surface area contributed by atoms with Crippen LogP contribution in [0.5, 0.6) is 11.5 Å². The summed E-state index contributed by atoms with van der Waals surface area (Å²) in [6.45, 7) is 1.83. The second kappa shape index (κ2) is 10.2. The van der Waals surface area contributed by atoms with Gasteiger partial charge in [0.05, 0.1) is 38.3 Å². The third-order valence-electron chi connectivity index (χ3n) is 3.98. The van der Waals surface area contributed by atoms with E-state index >= 15 is 0 Å². The third-order valence-corrected chi connectivity index (χ3v) is 6.11. The number of halogens is 2. The summed E-state index contributed by atoms with van der Waals surface area (Å²) < 4.78 is 44.0. The highest BCUT2D eigenvalue weighted by Gasteiger charge is 2.29. The van der Waals surface area contributed by atoms with Crippen LogP contribution in [-0.2, 0) is 19.6 Å². The van der Waals surface area contributed by atoms with Gasteiger partial charge in [-0.25, -0.2) is 13.1 Å². The lowest BCUT2D eigenvalue weighted by Crippen LogP contribution is -2.31. The number of nitrogens with one attached hydrogen (secondary N) is 1. The predicted octanol–water partition coefficient (Wildman–Crippen LogP) is 3.98. The summed E-state index contributed by atoms with van der Waals surface area (Å²) in [5.41, 5.74) is 0.436. The van der Waals surface area contributed by atoms with E-state index in [2.05, 4.69) is 4.72 Å². The molecule has 29 heavy (non-hydrogen) atoms. The molecule has 1 N–H and O–H groups in total. The van der Waals surface area contributed by atoms with Gasteiger partial charge in [0, 0.05) is 17.2 Å². The molecule has 0 aliphatic heterocycles. The lowest BCUT2D eigenvalue weighted by molar-refractivity contribution is -0.143. The Labute approximate surface area is 179 Å². The van der Waals surface area contributed by atoms with Crippen molar-refractivity contribution in [1.29, 1.82) is 0 Å². The van der Waals surface area contributed by atoms with Crippen LogP contribution >= 0.6 is 23.2 Å². The molecular formula is C19H21Cl2NO6S. The van der Waals surface area contributed by atoms with Crippen molar-refractivity contribution in [1.82, 2.24) is 4.72 Å². The fourth-order valence-electron chi connectivity index (χ4n) is 2.65. The van der Waals surface area contributed by atoms with E-state index in [1.807, 2.05) is 0 Å². The molecule has 0 radical (unpaired) electrons. The highest BCUT2D eigenvalue weighted by Crippen LogP contribution is 2.36. The van der Waals surface area contributed by atoms with E-state index in [9.17, 15) is 13.2 Å². The van der Waals surface area contributed by atoms with Gasteiger partial charge in [0.15, 0.2) is 0 Å². The molecule has 2 aromatic rings. The Kier molecular flexibility index (Phi) is 8.15. The van der Waals surface area contributed by atoms with E-state index in [4.69, 9.17) is 37.4 Å². The summed E-state index contributed by atoms with van der Waals surface area (Å²) >= 11 is 12.3. The molecule has 0 saturated carbocycles. The number of hydrogen-bond donors (Lipinski definition) is 1. The molecule has 0 fully saturated rings. The smallest absolute Gasteiger partial charge is 0.307 e. The Bertz CT molecular complexity index is 981. The van der Waals surface area contributed by atoms with Crippen LogP contribution in [0.25, 0.3) is 0 Å². The first-order chi connectivity index (χ1) is 13.7. The summed E-state index contributed by atoms with van der Waals surface area (Å²) in [6, 6.07) is 8.26. The van der Waals surface area contributed by atoms with Crippen molar-refractivity contribution in [2.24, 2.45) is 0 Å². The van der Waals surface area contributed by atoms with Gasteiger partial charge in [-0.15, -0.1) is 0 Å². The molecule has 7 nitrogen and oxygen atoms in total. The summed E-state index contributed by atoms with van der Waals surface area (Å²) in [6.07, 6.45) is -0.246. The Morgan fingerprint density at radius 1 is 1.07 bits per heavy atom. The molecular weight excluding hydrogens is 441 g/mol. The molecule has 0 aliphatic carbocycles. The summed E-state index contributed by atoms with van der Waals surface area (Å²) in [7, 11) is -1.47. The van der Waals surface area contributed by atoms with E-state index in [-0.39, 0.29) is 34.4 Å². The molecule has 0 aliphatic rings. The molecule has 0 aromatic heterocycles. The van der Waals surface area contributed by atoms with Gasteiger partial charge in [0.1, 0.15) is 16.4 Å². The summed E-state index contributed by atoms with van der Waals surface area (Å²) in [5.74, 6) is -0.384. The molecule has 1 atom stereocenters. The van der Waals surface area contributed by atoms with Crippen LogP contribution in [0.15, 0.2) is 41.3 Å². The number of esters is 1. The zero-order valence-electron chi connectivity index (χ0n) is 16.1. The van der Waals surface area contributed by atoms with Gasteiger partial charge in [-0.1, -0.05) is 41.4 Å². The Morgan fingerprint density at radius 3 is 2.31 bits per heavy atom. The second-order valence-electron chi connectivity index (χ2n) is 5.84. The quantitative estimate of drug-likeness (QED) is 0.567. The van der Waals surface area contributed by atoms with E-state index in [0.717, 1.165) is 0 Å². The lowest BCUT2D eigenvalue weighted by Gasteiger charge is -2.21. The zero-order valence-corrected chi connectivity index (χ0v) is 18.4. The maximum Gasteiger partial charge on any atom is 0.307 e. The van der Waals surface area contributed by atoms with E-state index in [1.165, 1.54) is 26.4 Å². The second-order valence-corrected chi connectivity index (χ2v) is 8.34. The molecule has 0 spiro atoms. The monoisotopic (exact) mass is 461 g/mol. The van der Waals surface area contributed by atoms with Crippen molar-refractivity contribution in [3.63, 3.8) is 0 Å². The van der Waals surface area contributed by atoms with Crippen LogP contribution in [-0.4, -0.2) is 35.2 Å². The van der Waals surface area contributed by atoms with Gasteiger partial charge >= 0.3 is 5.97 Å². The van der Waals surface area contributed by atoms with Gasteiger partial charge in [-0.3, -0.25) is 4.79 Å². The number of ether oxygens (including phenoxy) is 3. The number of methoxy groups -OCH3 is 2. The number of benzene rings is 2. The molecule has 158 valence electrons. The van der Waals surface area contributed by atoms with Crippen LogP contribution < -0.4 is 14.2 Å². The van der Waals surface area contributed by atoms with Crippen LogP contribution in [0.2, 0.25) is 10.0 Å². The van der Waals surface area contributed by atoms with Crippen molar-refractivity contribution in [3.05, 3.63) is 52.0 Å². The maximum atomic E-state index is 13.1. The number of carbonyl (C=O) groups is 1. The average molecular weight is 462 g/mol. The third kappa shape index (κ3) is 5.76. The van der Waals surface area contributed by atoms with Crippen molar-refractivity contribution in [3.8, 4) is 11.5 Å². The lowest BCUT2D eigenvalue weighted by atomic mass is 10.1. The first kappa shape index (κ1) is 23.3. The molecule has 0 bridgehead atoms. The number of carbonyl (C=O) groups excluding carboxylic acids is 1. The van der Waals surface area contributed by atoms with E-state index in [0.29, 0.717) is 10.6 Å². The van der Waals surface area contributed by atoms with Crippen molar-refractivity contribution < 1.29 is 27.4 Å². The minimum absolute atomic E-state index is 0.0253. The first-order valence-electron chi connectivity index (χ1n) is 8.57. The number of hydrogen-bond acceptors (Lipinski definition) is 6. The Morgan fingerprint density at radius 2 is 1.72 bits per heavy atom. The highest BCUT2D eigenvalue weighted by atomic mass is 35.5. The van der Waals surface area contributed by atoms with Gasteiger partial charge < -0.3 is 14.2 Å². The van der Waals surface area contributed by atoms with Gasteiger partial charge in [0.2, 0.25) is 10.0 Å². The number of rotatable bonds is 9. The standard InChI is InChI=1S/C19H21Cl2NO6S/c1-4-28-19(23)10-15(12-7-5-6-8-13(12)20)22-29(24,25)18-11-16(26-2)14(21)9-17(18)27-3/h5-9,11,15,22H,4,10H2,1-3H3/t15-/m0/s1. The molecule has 2 rings (SSSR count). The topological polar surface area (TPSA) is 90.9 Å². The molecule has 0 unspecified atom stereocenters. The van der Waals surface area contributed by atoms with E-state index < -0.39 is 22.0 Å². The molecule has 0 saturated heterocycles. The average Bonchev–Trinajstić information content (AvgIpc) is 2.67. The zero-order chi connectivity index (χ0) is 21.6. The molecule has 2 aromatic carbocycles. The van der Waals surface area contributed by atoms with Gasteiger partial charge in [-0.05, 0) is 18.6 Å².